The Morgan fingerprint density at radius 2 is 1.85 bits per heavy atom. The number of rotatable bonds is 4. The van der Waals surface area contributed by atoms with Crippen LogP contribution in [-0.2, 0) is 16.3 Å². The van der Waals surface area contributed by atoms with Gasteiger partial charge < -0.3 is 10.2 Å². The minimum absolute atomic E-state index is 0.441. The van der Waals surface area contributed by atoms with Gasteiger partial charge in [0.2, 0.25) is 0 Å². The molecule has 0 bridgehead atoms. The molecule has 2 rings (SSSR count). The van der Waals surface area contributed by atoms with Gasteiger partial charge in [-0.1, -0.05) is 0 Å². The maximum absolute atomic E-state index is 11.7. The third-order valence-electron chi connectivity index (χ3n) is 4.08. The minimum Gasteiger partial charge on any atom is -0.314 e. The Kier molecular flexibility index (Phi) is 4.83. The fraction of sp³-hybridized carbons (Fsp3) is 0.600. The Morgan fingerprint density at radius 3 is 2.45 bits per heavy atom. The summed E-state index contributed by atoms with van der Waals surface area (Å²) in [6.45, 7) is 9.29. The number of hydrogen-bond donors (Lipinski definition) is 1. The molecule has 1 saturated heterocycles. The largest absolute Gasteiger partial charge is 0.314 e. The van der Waals surface area contributed by atoms with E-state index in [1.54, 1.807) is 6.07 Å². The Bertz CT molecular complexity index is 576. The molecule has 0 aliphatic carbocycles. The molecule has 20 heavy (non-hydrogen) atoms. The number of nitrogens with zero attached hydrogens (tertiary/aromatic N) is 1. The Morgan fingerprint density at radius 1 is 1.20 bits per heavy atom. The molecule has 0 amide bonds. The second kappa shape index (κ2) is 6.24. The Labute approximate surface area is 122 Å². The molecule has 0 aromatic heterocycles. The van der Waals surface area contributed by atoms with Crippen molar-refractivity contribution in [2.75, 3.05) is 39.0 Å². The monoisotopic (exact) mass is 296 g/mol. The number of hydrogen-bond acceptors (Lipinski definition) is 4. The van der Waals surface area contributed by atoms with Crippen LogP contribution >= 0.6 is 0 Å². The van der Waals surface area contributed by atoms with Crippen LogP contribution in [-0.4, -0.2) is 52.3 Å². The van der Waals surface area contributed by atoms with Crippen molar-refractivity contribution in [1.29, 1.82) is 0 Å². The zero-order valence-electron chi connectivity index (χ0n) is 12.6. The average molecular weight is 296 g/mol. The highest BCUT2D eigenvalue weighted by atomic mass is 32.2. The van der Waals surface area contributed by atoms with Crippen molar-refractivity contribution >= 4 is 9.84 Å². The predicted molar refractivity (Wildman–Crippen MR) is 82.0 cm³/mol. The fourth-order valence-electron chi connectivity index (χ4n) is 2.58. The van der Waals surface area contributed by atoms with Crippen molar-refractivity contribution in [1.82, 2.24) is 10.2 Å². The maximum Gasteiger partial charge on any atom is 0.175 e. The van der Waals surface area contributed by atoms with E-state index < -0.39 is 9.84 Å². The molecule has 112 valence electrons. The van der Waals surface area contributed by atoms with Gasteiger partial charge in [0, 0.05) is 39.0 Å². The highest BCUT2D eigenvalue weighted by Crippen LogP contribution is 2.20. The SMILES string of the molecule is Cc1cc(S(C)(=O)=O)cc(CCN2CCNCC2)c1C. The second-order valence-corrected chi connectivity index (χ2v) is 7.65. The van der Waals surface area contributed by atoms with E-state index in [-0.39, 0.29) is 0 Å². The van der Waals surface area contributed by atoms with Gasteiger partial charge in [-0.25, -0.2) is 8.42 Å². The normalized spacial score (nSPS) is 17.4. The first-order chi connectivity index (χ1) is 9.38. The molecule has 1 aliphatic heterocycles. The number of nitrogens with one attached hydrogen (secondary N) is 1. The highest BCUT2D eigenvalue weighted by Gasteiger charge is 2.14. The first kappa shape index (κ1) is 15.5. The van der Waals surface area contributed by atoms with Crippen molar-refractivity contribution in [2.45, 2.75) is 25.2 Å². The van der Waals surface area contributed by atoms with Crippen LogP contribution in [0.2, 0.25) is 0 Å². The predicted octanol–water partition coefficient (Wildman–Crippen LogP) is 1.15. The maximum atomic E-state index is 11.7. The Balaban J connectivity index is 2.15. The molecule has 1 aromatic rings. The van der Waals surface area contributed by atoms with Crippen LogP contribution in [0.4, 0.5) is 0 Å². The first-order valence-corrected chi connectivity index (χ1v) is 9.00. The summed E-state index contributed by atoms with van der Waals surface area (Å²) in [6, 6.07) is 3.62. The van der Waals surface area contributed by atoms with Gasteiger partial charge >= 0.3 is 0 Å². The zero-order chi connectivity index (χ0) is 14.8. The smallest absolute Gasteiger partial charge is 0.175 e. The molecular formula is C15H24N2O2S. The molecule has 4 nitrogen and oxygen atoms in total. The number of aryl methyl sites for hydroxylation is 1. The number of piperazine rings is 1. The molecule has 0 atom stereocenters. The van der Waals surface area contributed by atoms with Crippen molar-refractivity contribution in [3.05, 3.63) is 28.8 Å². The lowest BCUT2D eigenvalue weighted by Gasteiger charge is -2.27. The van der Waals surface area contributed by atoms with Crippen LogP contribution in [0.25, 0.3) is 0 Å². The van der Waals surface area contributed by atoms with Crippen molar-refractivity contribution in [3.8, 4) is 0 Å². The van der Waals surface area contributed by atoms with Gasteiger partial charge in [-0.2, -0.15) is 0 Å². The van der Waals surface area contributed by atoms with Gasteiger partial charge in [0.15, 0.2) is 9.84 Å². The molecule has 1 aliphatic rings. The summed E-state index contributed by atoms with van der Waals surface area (Å²) in [5.74, 6) is 0. The number of sulfone groups is 1. The van der Waals surface area contributed by atoms with Gasteiger partial charge in [0.25, 0.3) is 0 Å². The van der Waals surface area contributed by atoms with Crippen molar-refractivity contribution in [3.63, 3.8) is 0 Å². The van der Waals surface area contributed by atoms with Crippen LogP contribution in [0, 0.1) is 13.8 Å². The van der Waals surface area contributed by atoms with Gasteiger partial charge in [-0.15, -0.1) is 0 Å². The summed E-state index contributed by atoms with van der Waals surface area (Å²) in [5, 5.41) is 3.34. The Hall–Kier alpha value is -0.910. The summed E-state index contributed by atoms with van der Waals surface area (Å²) in [6.07, 6.45) is 2.19. The quantitative estimate of drug-likeness (QED) is 0.906. The number of benzene rings is 1. The molecule has 0 unspecified atom stereocenters. The molecule has 1 N–H and O–H groups in total. The molecule has 1 heterocycles. The van der Waals surface area contributed by atoms with Crippen LogP contribution < -0.4 is 5.32 Å². The third-order valence-corrected chi connectivity index (χ3v) is 5.18. The van der Waals surface area contributed by atoms with Gasteiger partial charge in [0.05, 0.1) is 4.90 Å². The molecule has 1 fully saturated rings. The highest BCUT2D eigenvalue weighted by molar-refractivity contribution is 7.90. The lowest BCUT2D eigenvalue weighted by molar-refractivity contribution is 0.243. The molecular weight excluding hydrogens is 272 g/mol. The van der Waals surface area contributed by atoms with E-state index in [2.05, 4.69) is 17.1 Å². The molecule has 0 spiro atoms. The van der Waals surface area contributed by atoms with E-state index >= 15 is 0 Å². The van der Waals surface area contributed by atoms with E-state index in [0.717, 1.165) is 50.3 Å². The van der Waals surface area contributed by atoms with Crippen LogP contribution in [0.5, 0.6) is 0 Å². The lowest BCUT2D eigenvalue weighted by atomic mass is 10.0. The molecule has 5 heteroatoms. The standard InChI is InChI=1S/C15H24N2O2S/c1-12-10-15(20(3,18)19)11-14(13(12)2)4-7-17-8-5-16-6-9-17/h10-11,16H,4-9H2,1-3H3. The van der Waals surface area contributed by atoms with Crippen LogP contribution in [0.15, 0.2) is 17.0 Å². The third kappa shape index (κ3) is 3.81. The van der Waals surface area contributed by atoms with E-state index in [1.165, 1.54) is 11.8 Å². The summed E-state index contributed by atoms with van der Waals surface area (Å²) < 4.78 is 23.5. The second-order valence-electron chi connectivity index (χ2n) is 5.64. The first-order valence-electron chi connectivity index (χ1n) is 7.11. The molecule has 0 radical (unpaired) electrons. The summed E-state index contributed by atoms with van der Waals surface area (Å²) in [4.78, 5) is 2.87. The fourth-order valence-corrected chi connectivity index (χ4v) is 3.33. The summed E-state index contributed by atoms with van der Waals surface area (Å²) in [5.41, 5.74) is 3.43. The lowest BCUT2D eigenvalue weighted by Crippen LogP contribution is -2.44. The van der Waals surface area contributed by atoms with Crippen molar-refractivity contribution < 1.29 is 8.42 Å². The van der Waals surface area contributed by atoms with E-state index in [4.69, 9.17) is 0 Å². The van der Waals surface area contributed by atoms with E-state index in [1.807, 2.05) is 13.0 Å². The van der Waals surface area contributed by atoms with Crippen LogP contribution in [0.1, 0.15) is 16.7 Å². The van der Waals surface area contributed by atoms with Crippen LogP contribution in [0.3, 0.4) is 0 Å². The van der Waals surface area contributed by atoms with Gasteiger partial charge in [0.1, 0.15) is 0 Å². The zero-order valence-corrected chi connectivity index (χ0v) is 13.4. The summed E-state index contributed by atoms with van der Waals surface area (Å²) in [7, 11) is -3.13. The van der Waals surface area contributed by atoms with E-state index in [0.29, 0.717) is 4.90 Å². The topological polar surface area (TPSA) is 49.4 Å². The summed E-state index contributed by atoms with van der Waals surface area (Å²) >= 11 is 0. The van der Waals surface area contributed by atoms with E-state index in [9.17, 15) is 8.42 Å². The van der Waals surface area contributed by atoms with Crippen molar-refractivity contribution in [2.24, 2.45) is 0 Å². The minimum atomic E-state index is -3.13. The van der Waals surface area contributed by atoms with Gasteiger partial charge in [-0.05, 0) is 49.1 Å². The molecule has 0 saturated carbocycles. The molecule has 1 aromatic carbocycles. The van der Waals surface area contributed by atoms with Gasteiger partial charge in [-0.3, -0.25) is 0 Å². The average Bonchev–Trinajstić information content (AvgIpc) is 2.40.